The average Bonchev–Trinajstić information content (AvgIpc) is 2.93. The number of esters is 1. The number of carbonyl (C=O) groups is 1. The van der Waals surface area contributed by atoms with Gasteiger partial charge in [-0.1, -0.05) is 45.4 Å². The molecule has 0 bridgehead atoms. The summed E-state index contributed by atoms with van der Waals surface area (Å²) in [5.41, 5.74) is 0. The van der Waals surface area contributed by atoms with Gasteiger partial charge in [-0.25, -0.2) is 4.39 Å². The van der Waals surface area contributed by atoms with Gasteiger partial charge in [0, 0.05) is 5.92 Å². The van der Waals surface area contributed by atoms with E-state index in [1.54, 1.807) is 0 Å². The fourth-order valence-corrected chi connectivity index (χ4v) is 7.88. The molecule has 0 radical (unpaired) electrons. The number of ether oxygens (including phenoxy) is 2. The molecular weight excluding hydrogens is 508 g/mol. The Labute approximate surface area is 232 Å². The van der Waals surface area contributed by atoms with Crippen LogP contribution in [0.1, 0.15) is 122 Å². The second-order valence-corrected chi connectivity index (χ2v) is 13.1. The molecule has 3 nitrogen and oxygen atoms in total. The molecule has 2 unspecified atom stereocenters. The average molecular weight is 559 g/mol. The van der Waals surface area contributed by atoms with Gasteiger partial charge in [-0.2, -0.15) is 13.2 Å². The molecular formula is C32H50F4O3. The maximum Gasteiger partial charge on any atom is 0.412 e. The van der Waals surface area contributed by atoms with Crippen LogP contribution >= 0.6 is 0 Å². The number of rotatable bonds is 9. The number of alkyl halides is 3. The third-order valence-electron chi connectivity index (χ3n) is 10.4. The van der Waals surface area contributed by atoms with Crippen molar-refractivity contribution in [2.45, 2.75) is 141 Å². The predicted octanol–water partition coefficient (Wildman–Crippen LogP) is 9.49. The molecule has 0 aromatic heterocycles. The molecule has 3 saturated carbocycles. The van der Waals surface area contributed by atoms with E-state index in [4.69, 9.17) is 9.47 Å². The van der Waals surface area contributed by atoms with E-state index in [2.05, 4.69) is 6.92 Å². The summed E-state index contributed by atoms with van der Waals surface area (Å²) in [4.78, 5) is 12.8. The van der Waals surface area contributed by atoms with Gasteiger partial charge >= 0.3 is 12.1 Å². The maximum atomic E-state index is 13.9. The van der Waals surface area contributed by atoms with Crippen LogP contribution in [0.25, 0.3) is 0 Å². The molecule has 1 saturated heterocycles. The Bertz CT molecular complexity index is 765. The van der Waals surface area contributed by atoms with E-state index in [0.29, 0.717) is 24.9 Å². The van der Waals surface area contributed by atoms with Crippen LogP contribution in [-0.4, -0.2) is 31.0 Å². The normalized spacial score (nSPS) is 36.9. The summed E-state index contributed by atoms with van der Waals surface area (Å²) in [5, 5.41) is 0. The zero-order chi connectivity index (χ0) is 27.8. The van der Waals surface area contributed by atoms with E-state index in [0.717, 1.165) is 56.5 Å². The molecule has 4 aliphatic rings. The highest BCUT2D eigenvalue weighted by Gasteiger charge is 2.38. The molecule has 0 aromatic carbocycles. The molecule has 0 amide bonds. The molecule has 224 valence electrons. The SMILES string of the molecule is CCCCCC1CCC(C2CCC(C3CCC(C(=O)OC4CCC(/C(F)=C/C(F)(F)F)CC4)CC3)OC2)CC1. The van der Waals surface area contributed by atoms with Crippen molar-refractivity contribution in [2.75, 3.05) is 6.61 Å². The van der Waals surface area contributed by atoms with Gasteiger partial charge in [-0.15, -0.1) is 0 Å². The van der Waals surface area contributed by atoms with Gasteiger partial charge in [0.25, 0.3) is 0 Å². The zero-order valence-corrected chi connectivity index (χ0v) is 23.9. The first-order valence-electron chi connectivity index (χ1n) is 16.0. The van der Waals surface area contributed by atoms with Crippen molar-refractivity contribution in [3.8, 4) is 0 Å². The van der Waals surface area contributed by atoms with Crippen LogP contribution in [0.4, 0.5) is 17.6 Å². The fourth-order valence-electron chi connectivity index (χ4n) is 7.88. The first kappa shape index (κ1) is 30.8. The lowest BCUT2D eigenvalue weighted by Crippen LogP contribution is -2.38. The van der Waals surface area contributed by atoms with Crippen molar-refractivity contribution in [3.63, 3.8) is 0 Å². The fraction of sp³-hybridized carbons (Fsp3) is 0.906. The van der Waals surface area contributed by atoms with Gasteiger partial charge < -0.3 is 9.47 Å². The van der Waals surface area contributed by atoms with Gasteiger partial charge in [0.05, 0.1) is 24.7 Å². The van der Waals surface area contributed by atoms with E-state index in [-0.39, 0.29) is 36.9 Å². The second-order valence-electron chi connectivity index (χ2n) is 13.1. The molecule has 2 atom stereocenters. The minimum absolute atomic E-state index is 0.107. The first-order chi connectivity index (χ1) is 18.7. The van der Waals surface area contributed by atoms with Crippen LogP contribution in [0.3, 0.4) is 0 Å². The molecule has 0 N–H and O–H groups in total. The molecule has 1 heterocycles. The number of carbonyl (C=O) groups excluding carboxylic acids is 1. The zero-order valence-electron chi connectivity index (χ0n) is 23.9. The molecule has 0 aromatic rings. The highest BCUT2D eigenvalue weighted by Crippen LogP contribution is 2.42. The molecule has 0 spiro atoms. The van der Waals surface area contributed by atoms with Crippen molar-refractivity contribution in [1.82, 2.24) is 0 Å². The smallest absolute Gasteiger partial charge is 0.412 e. The second kappa shape index (κ2) is 14.7. The quantitative estimate of drug-likeness (QED) is 0.161. The molecule has 4 fully saturated rings. The highest BCUT2D eigenvalue weighted by molar-refractivity contribution is 5.72. The third-order valence-corrected chi connectivity index (χ3v) is 10.4. The molecule has 39 heavy (non-hydrogen) atoms. The summed E-state index contributed by atoms with van der Waals surface area (Å²) in [6, 6.07) is 0. The number of unbranched alkanes of at least 4 members (excludes halogenated alkanes) is 2. The van der Waals surface area contributed by atoms with Gasteiger partial charge in [0.1, 0.15) is 11.9 Å². The molecule has 7 heteroatoms. The third kappa shape index (κ3) is 9.46. The Hall–Kier alpha value is -1.11. The summed E-state index contributed by atoms with van der Waals surface area (Å²) >= 11 is 0. The summed E-state index contributed by atoms with van der Waals surface area (Å²) < 4.78 is 63.3. The maximum absolute atomic E-state index is 13.9. The van der Waals surface area contributed by atoms with Crippen LogP contribution in [0.2, 0.25) is 0 Å². The Balaban J connectivity index is 1.10. The van der Waals surface area contributed by atoms with Crippen molar-refractivity contribution in [3.05, 3.63) is 11.9 Å². The van der Waals surface area contributed by atoms with E-state index in [9.17, 15) is 22.4 Å². The predicted molar refractivity (Wildman–Crippen MR) is 145 cm³/mol. The van der Waals surface area contributed by atoms with Crippen LogP contribution in [-0.2, 0) is 14.3 Å². The monoisotopic (exact) mass is 558 g/mol. The van der Waals surface area contributed by atoms with Crippen LogP contribution in [0.15, 0.2) is 11.9 Å². The largest absolute Gasteiger partial charge is 0.462 e. The first-order valence-corrected chi connectivity index (χ1v) is 16.0. The summed E-state index contributed by atoms with van der Waals surface area (Å²) in [5.74, 6) is 0.906. The van der Waals surface area contributed by atoms with Gasteiger partial charge in [-0.3, -0.25) is 4.79 Å². The lowest BCUT2D eigenvalue weighted by atomic mass is 9.71. The number of hydrogen-bond acceptors (Lipinski definition) is 3. The minimum atomic E-state index is -4.64. The van der Waals surface area contributed by atoms with Crippen molar-refractivity contribution in [2.24, 2.45) is 35.5 Å². The number of allylic oxidation sites excluding steroid dienone is 2. The van der Waals surface area contributed by atoms with Gasteiger partial charge in [0.15, 0.2) is 0 Å². The highest BCUT2D eigenvalue weighted by atomic mass is 19.4. The van der Waals surface area contributed by atoms with E-state index >= 15 is 0 Å². The van der Waals surface area contributed by atoms with Crippen molar-refractivity contribution < 1.29 is 31.8 Å². The Kier molecular flexibility index (Phi) is 11.6. The van der Waals surface area contributed by atoms with Crippen molar-refractivity contribution >= 4 is 5.97 Å². The number of hydrogen-bond donors (Lipinski definition) is 0. The summed E-state index contributed by atoms with van der Waals surface area (Å²) in [7, 11) is 0. The lowest BCUT2D eigenvalue weighted by Gasteiger charge is -2.41. The topological polar surface area (TPSA) is 35.5 Å². The standard InChI is InChI=1S/C32H50F4O3/c1-2-3-4-5-22-6-8-23(9-7-22)27-16-19-30(38-21-27)25-10-12-26(13-11-25)31(37)39-28-17-14-24(15-18-28)29(33)20-32(34,35)36/h20,22-28,30H,2-19,21H2,1H3/b29-20-. The summed E-state index contributed by atoms with van der Waals surface area (Å²) in [6.45, 7) is 3.18. The Morgan fingerprint density at radius 3 is 2.00 bits per heavy atom. The van der Waals surface area contributed by atoms with E-state index in [1.807, 2.05) is 0 Å². The molecule has 4 rings (SSSR count). The summed E-state index contributed by atoms with van der Waals surface area (Å²) in [6.07, 6.45) is 13.6. The lowest BCUT2D eigenvalue weighted by molar-refractivity contribution is -0.158. The van der Waals surface area contributed by atoms with Crippen molar-refractivity contribution in [1.29, 1.82) is 0 Å². The van der Waals surface area contributed by atoms with Crippen LogP contribution in [0.5, 0.6) is 0 Å². The Morgan fingerprint density at radius 1 is 0.795 bits per heavy atom. The molecule has 1 aliphatic heterocycles. The van der Waals surface area contributed by atoms with Crippen LogP contribution in [0, 0.1) is 35.5 Å². The Morgan fingerprint density at radius 2 is 1.41 bits per heavy atom. The van der Waals surface area contributed by atoms with E-state index in [1.165, 1.54) is 57.8 Å². The minimum Gasteiger partial charge on any atom is -0.462 e. The molecule has 3 aliphatic carbocycles. The van der Waals surface area contributed by atoms with Crippen LogP contribution < -0.4 is 0 Å². The van der Waals surface area contributed by atoms with E-state index < -0.39 is 17.9 Å². The van der Waals surface area contributed by atoms with Gasteiger partial charge in [0.2, 0.25) is 0 Å². The number of halogens is 4. The van der Waals surface area contributed by atoms with Gasteiger partial charge in [-0.05, 0) is 101 Å².